The molecule has 0 saturated carbocycles. The third-order valence-corrected chi connectivity index (χ3v) is 3.92. The molecule has 1 atom stereocenters. The number of ether oxygens (including phenoxy) is 1. The molecule has 0 radical (unpaired) electrons. The molecule has 0 bridgehead atoms. The lowest BCUT2D eigenvalue weighted by molar-refractivity contribution is -0.139. The van der Waals surface area contributed by atoms with Crippen molar-refractivity contribution in [3.8, 4) is 0 Å². The molecule has 100 valence electrons. The minimum absolute atomic E-state index is 0.420. The second kappa shape index (κ2) is 6.78. The number of aliphatic carboxylic acids is 1. The van der Waals surface area contributed by atoms with Crippen molar-refractivity contribution in [3.63, 3.8) is 0 Å². The van der Waals surface area contributed by atoms with Gasteiger partial charge < -0.3 is 15.6 Å². The molecule has 0 heterocycles. The molecule has 4 nitrogen and oxygen atoms in total. The first-order valence-corrected chi connectivity index (χ1v) is 6.66. The molecule has 1 rings (SSSR count). The zero-order valence-electron chi connectivity index (χ0n) is 10.6. The first-order chi connectivity index (χ1) is 8.43. The van der Waals surface area contributed by atoms with Gasteiger partial charge in [0, 0.05) is 4.75 Å². The lowest BCUT2D eigenvalue weighted by Crippen LogP contribution is -2.46. The Balaban J connectivity index is 2.31. The first-order valence-electron chi connectivity index (χ1n) is 5.67. The van der Waals surface area contributed by atoms with E-state index in [1.807, 2.05) is 44.2 Å². The van der Waals surface area contributed by atoms with Crippen molar-refractivity contribution in [1.29, 1.82) is 0 Å². The first kappa shape index (κ1) is 15.0. The van der Waals surface area contributed by atoms with E-state index in [1.165, 1.54) is 11.8 Å². The number of nitrogens with two attached hydrogens (primary N) is 1. The highest BCUT2D eigenvalue weighted by Gasteiger charge is 2.32. The Kier molecular flexibility index (Phi) is 5.65. The van der Waals surface area contributed by atoms with Crippen molar-refractivity contribution in [1.82, 2.24) is 0 Å². The Morgan fingerprint density at radius 1 is 1.44 bits per heavy atom. The minimum Gasteiger partial charge on any atom is -0.480 e. The van der Waals surface area contributed by atoms with Crippen molar-refractivity contribution in [2.75, 3.05) is 5.94 Å². The molecule has 0 fully saturated rings. The number of hydrogen-bond acceptors (Lipinski definition) is 4. The molecule has 1 aromatic carbocycles. The lowest BCUT2D eigenvalue weighted by Gasteiger charge is -2.27. The van der Waals surface area contributed by atoms with Crippen LogP contribution in [-0.4, -0.2) is 27.8 Å². The van der Waals surface area contributed by atoms with E-state index in [0.717, 1.165) is 5.56 Å². The average molecular weight is 269 g/mol. The highest BCUT2D eigenvalue weighted by atomic mass is 32.2. The van der Waals surface area contributed by atoms with Gasteiger partial charge in [0.1, 0.15) is 6.04 Å². The second-order valence-electron chi connectivity index (χ2n) is 4.52. The average Bonchev–Trinajstić information content (AvgIpc) is 2.35. The summed E-state index contributed by atoms with van der Waals surface area (Å²) < 4.78 is 4.95. The molecule has 0 aliphatic rings. The minimum atomic E-state index is -0.990. The van der Waals surface area contributed by atoms with Crippen LogP contribution in [0.3, 0.4) is 0 Å². The number of benzene rings is 1. The highest BCUT2D eigenvalue weighted by Crippen LogP contribution is 2.27. The number of rotatable bonds is 7. The van der Waals surface area contributed by atoms with E-state index < -0.39 is 16.8 Å². The number of carbonyl (C=O) groups is 1. The van der Waals surface area contributed by atoms with Crippen LogP contribution in [0.25, 0.3) is 0 Å². The Morgan fingerprint density at radius 3 is 2.61 bits per heavy atom. The summed E-state index contributed by atoms with van der Waals surface area (Å²) in [4.78, 5) is 10.8. The van der Waals surface area contributed by atoms with Crippen LogP contribution in [0.5, 0.6) is 0 Å². The van der Waals surface area contributed by atoms with Crippen LogP contribution in [0.15, 0.2) is 30.3 Å². The topological polar surface area (TPSA) is 72.5 Å². The summed E-state index contributed by atoms with van der Waals surface area (Å²) in [5.41, 5.74) is 6.71. The standard InChI is InChI=1S/C13H19NO3S/c1-13(2,11(14)12(15)16)18-9-17-8-10-6-4-3-5-7-10/h3-7,11H,8-9,14H2,1-2H3,(H,15,16)/t11-/m0/s1. The SMILES string of the molecule is CC(C)(SCOCc1ccccc1)[C@@H](N)C(=O)O. The summed E-state index contributed by atoms with van der Waals surface area (Å²) >= 11 is 1.41. The predicted octanol–water partition coefficient (Wildman–Crippen LogP) is 2.08. The molecule has 0 aliphatic heterocycles. The van der Waals surface area contributed by atoms with Crippen molar-refractivity contribution in [2.24, 2.45) is 5.73 Å². The van der Waals surface area contributed by atoms with E-state index in [2.05, 4.69) is 0 Å². The maximum absolute atomic E-state index is 10.8. The van der Waals surface area contributed by atoms with Crippen molar-refractivity contribution >= 4 is 17.7 Å². The van der Waals surface area contributed by atoms with Crippen LogP contribution in [0, 0.1) is 0 Å². The van der Waals surface area contributed by atoms with Gasteiger partial charge in [0.2, 0.25) is 0 Å². The van der Waals surface area contributed by atoms with Crippen LogP contribution in [-0.2, 0) is 16.1 Å². The van der Waals surface area contributed by atoms with Crippen LogP contribution in [0.2, 0.25) is 0 Å². The highest BCUT2D eigenvalue weighted by molar-refractivity contribution is 8.00. The Labute approximate surface area is 112 Å². The molecule has 0 amide bonds. The van der Waals surface area contributed by atoms with E-state index in [-0.39, 0.29) is 0 Å². The maximum atomic E-state index is 10.8. The van der Waals surface area contributed by atoms with Gasteiger partial charge >= 0.3 is 5.97 Å². The summed E-state index contributed by atoms with van der Waals surface area (Å²) in [7, 11) is 0. The Hall–Kier alpha value is -1.04. The van der Waals surface area contributed by atoms with E-state index in [0.29, 0.717) is 12.5 Å². The molecular formula is C13H19NO3S. The van der Waals surface area contributed by atoms with Crippen LogP contribution in [0.1, 0.15) is 19.4 Å². The molecule has 1 aromatic rings. The van der Waals surface area contributed by atoms with E-state index in [9.17, 15) is 4.79 Å². The van der Waals surface area contributed by atoms with E-state index in [1.54, 1.807) is 0 Å². The van der Waals surface area contributed by atoms with Gasteiger partial charge in [-0.1, -0.05) is 30.3 Å². The molecule has 0 saturated heterocycles. The number of hydrogen-bond donors (Lipinski definition) is 2. The fraction of sp³-hybridized carbons (Fsp3) is 0.462. The van der Waals surface area contributed by atoms with Gasteiger partial charge in [0.25, 0.3) is 0 Å². The number of thioether (sulfide) groups is 1. The molecule has 18 heavy (non-hydrogen) atoms. The monoisotopic (exact) mass is 269 g/mol. The smallest absolute Gasteiger partial charge is 0.321 e. The number of carboxylic acids is 1. The van der Waals surface area contributed by atoms with Gasteiger partial charge in [-0.3, -0.25) is 4.79 Å². The van der Waals surface area contributed by atoms with Gasteiger partial charge in [-0.25, -0.2) is 0 Å². The fourth-order valence-electron chi connectivity index (χ4n) is 1.31. The summed E-state index contributed by atoms with van der Waals surface area (Å²) in [6, 6.07) is 8.93. The Bertz CT molecular complexity index is 381. The van der Waals surface area contributed by atoms with Gasteiger partial charge in [-0.2, -0.15) is 0 Å². The zero-order chi connectivity index (χ0) is 13.6. The fourth-order valence-corrected chi connectivity index (χ4v) is 2.07. The van der Waals surface area contributed by atoms with Crippen molar-refractivity contribution < 1.29 is 14.6 Å². The zero-order valence-corrected chi connectivity index (χ0v) is 11.4. The molecule has 0 unspecified atom stereocenters. The summed E-state index contributed by atoms with van der Waals surface area (Å²) in [5.74, 6) is -0.571. The summed E-state index contributed by atoms with van der Waals surface area (Å²) in [6.45, 7) is 4.14. The third-order valence-electron chi connectivity index (χ3n) is 2.64. The molecule has 3 N–H and O–H groups in total. The van der Waals surface area contributed by atoms with Gasteiger partial charge in [-0.05, 0) is 19.4 Å². The van der Waals surface area contributed by atoms with Crippen LogP contribution < -0.4 is 5.73 Å². The summed E-state index contributed by atoms with van der Waals surface area (Å²) in [5, 5.41) is 8.87. The molecule has 0 spiro atoms. The van der Waals surface area contributed by atoms with Gasteiger partial charge in [0.15, 0.2) is 0 Å². The third kappa shape index (κ3) is 4.68. The predicted molar refractivity (Wildman–Crippen MR) is 73.4 cm³/mol. The molecule has 0 aromatic heterocycles. The molecule has 5 heteroatoms. The van der Waals surface area contributed by atoms with Gasteiger partial charge in [-0.15, -0.1) is 11.8 Å². The van der Waals surface area contributed by atoms with E-state index in [4.69, 9.17) is 15.6 Å². The maximum Gasteiger partial charge on any atom is 0.321 e. The summed E-state index contributed by atoms with van der Waals surface area (Å²) in [6.07, 6.45) is 0. The lowest BCUT2D eigenvalue weighted by atomic mass is 10.1. The molecular weight excluding hydrogens is 250 g/mol. The quantitative estimate of drug-likeness (QED) is 0.585. The van der Waals surface area contributed by atoms with Crippen LogP contribution >= 0.6 is 11.8 Å². The Morgan fingerprint density at radius 2 is 2.06 bits per heavy atom. The second-order valence-corrected chi connectivity index (χ2v) is 6.09. The molecule has 0 aliphatic carbocycles. The largest absolute Gasteiger partial charge is 0.480 e. The van der Waals surface area contributed by atoms with Gasteiger partial charge in [0.05, 0.1) is 12.5 Å². The normalized spacial score (nSPS) is 13.3. The van der Waals surface area contributed by atoms with Crippen molar-refractivity contribution in [3.05, 3.63) is 35.9 Å². The van der Waals surface area contributed by atoms with Crippen LogP contribution in [0.4, 0.5) is 0 Å². The van der Waals surface area contributed by atoms with E-state index >= 15 is 0 Å². The van der Waals surface area contributed by atoms with Crippen molar-refractivity contribution in [2.45, 2.75) is 31.2 Å². The number of carboxylic acid groups (broad SMARTS) is 1.